The maximum atomic E-state index is 9.51. The van der Waals surface area contributed by atoms with Gasteiger partial charge in [0.2, 0.25) is 5.96 Å². The first kappa shape index (κ1) is 38.8. The van der Waals surface area contributed by atoms with Gasteiger partial charge in [-0.3, -0.25) is 15.4 Å². The average Bonchev–Trinajstić information content (AvgIpc) is 4.00. The molecule has 0 radical (unpaired) electrons. The molecule has 0 atom stereocenters. The van der Waals surface area contributed by atoms with E-state index in [1.165, 1.54) is 20.2 Å². The second kappa shape index (κ2) is 16.0. The van der Waals surface area contributed by atoms with Crippen LogP contribution in [0.5, 0.6) is 0 Å². The zero-order chi connectivity index (χ0) is 43.3. The lowest BCUT2D eigenvalue weighted by atomic mass is 10.1. The van der Waals surface area contributed by atoms with E-state index in [0.717, 1.165) is 60.4 Å². The Labute approximate surface area is 373 Å². The zero-order valence-corrected chi connectivity index (χ0v) is 36.1. The van der Waals surface area contributed by atoms with Crippen LogP contribution in [-0.4, -0.2) is 63.2 Å². The van der Waals surface area contributed by atoms with E-state index in [1.54, 1.807) is 0 Å². The van der Waals surface area contributed by atoms with Gasteiger partial charge in [0.05, 0.1) is 28.7 Å². The molecule has 3 heterocycles. The van der Waals surface area contributed by atoms with Gasteiger partial charge >= 0.3 is 0 Å². The van der Waals surface area contributed by atoms with E-state index in [0.29, 0.717) is 24.0 Å². The van der Waals surface area contributed by atoms with Crippen molar-refractivity contribution in [3.05, 3.63) is 211 Å². The van der Waals surface area contributed by atoms with E-state index < -0.39 is 0 Å². The van der Waals surface area contributed by atoms with Crippen molar-refractivity contribution < 1.29 is 0 Å². The van der Waals surface area contributed by atoms with E-state index in [2.05, 4.69) is 122 Å². The monoisotopic (exact) mass is 846 g/mol. The first-order valence-corrected chi connectivity index (χ1v) is 22.0. The number of aliphatic imine (C=N–C) groups is 2. The summed E-state index contributed by atoms with van der Waals surface area (Å²) in [4.78, 5) is 14.4. The van der Waals surface area contributed by atoms with Gasteiger partial charge in [-0.15, -0.1) is 11.3 Å². The second-order valence-corrected chi connectivity index (χ2v) is 17.1. The molecule has 11 rings (SSSR count). The van der Waals surface area contributed by atoms with E-state index >= 15 is 0 Å². The summed E-state index contributed by atoms with van der Waals surface area (Å²) in [7, 11) is 4.01. The quantitative estimate of drug-likeness (QED) is 0.0992. The fourth-order valence-electron chi connectivity index (χ4n) is 9.07. The van der Waals surface area contributed by atoms with Crippen molar-refractivity contribution in [3.63, 3.8) is 0 Å². The van der Waals surface area contributed by atoms with Gasteiger partial charge in [0.15, 0.2) is 11.7 Å². The van der Waals surface area contributed by atoms with E-state index in [9.17, 15) is 5.41 Å². The number of hydrogen-bond donors (Lipinski definition) is 2. The lowest BCUT2D eigenvalue weighted by Gasteiger charge is -2.30. The predicted molar refractivity (Wildman–Crippen MR) is 269 cm³/mol. The third-order valence-electron chi connectivity index (χ3n) is 12.0. The second-order valence-electron chi connectivity index (χ2n) is 16.0. The van der Waals surface area contributed by atoms with Crippen LogP contribution in [-0.2, 0) is 0 Å². The van der Waals surface area contributed by atoms with Crippen molar-refractivity contribution in [2.45, 2.75) is 0 Å². The van der Waals surface area contributed by atoms with Crippen molar-refractivity contribution in [2.75, 3.05) is 20.8 Å². The van der Waals surface area contributed by atoms with Crippen LogP contribution in [0.25, 0.3) is 69.5 Å². The zero-order valence-electron chi connectivity index (χ0n) is 35.3. The summed E-state index contributed by atoms with van der Waals surface area (Å²) in [6.07, 6.45) is 0. The molecule has 2 N–H and O–H groups in total. The molecule has 0 aliphatic heterocycles. The van der Waals surface area contributed by atoms with Gasteiger partial charge in [-0.2, -0.15) is 4.99 Å². The number of nitrogens with one attached hydrogen (secondary N) is 2. The molecule has 8 nitrogen and oxygen atoms in total. The van der Waals surface area contributed by atoms with Gasteiger partial charge in [0, 0.05) is 78.2 Å². The highest BCUT2D eigenvalue weighted by atomic mass is 32.1. The predicted octanol–water partition coefficient (Wildman–Crippen LogP) is 12.8. The maximum Gasteiger partial charge on any atom is 0.213 e. The number of hydrogen-bond acceptors (Lipinski definition) is 3. The van der Waals surface area contributed by atoms with E-state index in [4.69, 9.17) is 15.4 Å². The maximum absolute atomic E-state index is 9.51. The number of aromatic nitrogens is 2. The van der Waals surface area contributed by atoms with Gasteiger partial charge in [0.25, 0.3) is 0 Å². The molecule has 0 fully saturated rings. The molecule has 0 spiro atoms. The Balaban J connectivity index is 1.16. The molecule has 8 aromatic carbocycles. The van der Waals surface area contributed by atoms with Gasteiger partial charge < -0.3 is 14.4 Å². The van der Waals surface area contributed by atoms with Crippen LogP contribution in [0, 0.1) is 10.8 Å². The summed E-state index contributed by atoms with van der Waals surface area (Å²) in [5, 5.41) is 25.5. The molecule has 0 bridgehead atoms. The molecule has 9 heteroatoms. The Morgan fingerprint density at radius 1 is 0.469 bits per heavy atom. The standard InChI is InChI=1S/C55H42N8S/c1-60(54(38-22-10-5-11-23-38)58-52(56)36-18-6-3-7-19-36)35-61(2)55(59-53(57)37-20-8-4-9-21-37)63-47-28-16-13-25-41(47)45-33-32-44-40-24-12-15-27-46(40)62(50(44)51(45)63)39-30-31-43-42-26-14-17-29-48(42)64-49(43)34-39/h3-34,56-57H,35H2,1-2H3. The van der Waals surface area contributed by atoms with Crippen LogP contribution in [0.1, 0.15) is 16.7 Å². The lowest BCUT2D eigenvalue weighted by molar-refractivity contribution is 0.339. The summed E-state index contributed by atoms with van der Waals surface area (Å²) in [6, 6.07) is 66.4. The van der Waals surface area contributed by atoms with Crippen LogP contribution in [0.4, 0.5) is 0 Å². The van der Waals surface area contributed by atoms with Gasteiger partial charge in [0.1, 0.15) is 5.84 Å². The third-order valence-corrected chi connectivity index (χ3v) is 13.1. The Hall–Kier alpha value is -8.14. The Bertz CT molecular complexity index is 3660. The van der Waals surface area contributed by atoms with Crippen LogP contribution >= 0.6 is 11.3 Å². The topological polar surface area (TPSA) is 88.8 Å². The minimum atomic E-state index is 0.141. The molecule has 11 aromatic rings. The number of thiophene rings is 1. The number of benzene rings is 8. The molecule has 3 aromatic heterocycles. The van der Waals surface area contributed by atoms with Crippen molar-refractivity contribution in [1.82, 2.24) is 18.9 Å². The highest BCUT2D eigenvalue weighted by Gasteiger charge is 2.26. The van der Waals surface area contributed by atoms with Gasteiger partial charge in [-0.25, -0.2) is 4.99 Å². The van der Waals surface area contributed by atoms with Crippen LogP contribution < -0.4 is 0 Å². The molecule has 0 saturated heterocycles. The Morgan fingerprint density at radius 3 is 1.64 bits per heavy atom. The molecule has 0 saturated carbocycles. The summed E-state index contributed by atoms with van der Waals surface area (Å²) in [6.45, 7) is 0.326. The van der Waals surface area contributed by atoms with Crippen molar-refractivity contribution >= 4 is 98.6 Å². The fourth-order valence-corrected chi connectivity index (χ4v) is 10.2. The van der Waals surface area contributed by atoms with Crippen molar-refractivity contribution in [1.29, 1.82) is 10.8 Å². The number of para-hydroxylation sites is 2. The van der Waals surface area contributed by atoms with Gasteiger partial charge in [-0.05, 0) is 30.3 Å². The summed E-state index contributed by atoms with van der Waals surface area (Å²) < 4.78 is 7.16. The highest BCUT2D eigenvalue weighted by Crippen LogP contribution is 2.42. The van der Waals surface area contributed by atoms with Crippen molar-refractivity contribution in [3.8, 4) is 5.69 Å². The highest BCUT2D eigenvalue weighted by molar-refractivity contribution is 7.25. The summed E-state index contributed by atoms with van der Waals surface area (Å²) >= 11 is 1.82. The molecule has 64 heavy (non-hydrogen) atoms. The molecule has 0 unspecified atom stereocenters. The first-order valence-electron chi connectivity index (χ1n) is 21.2. The SMILES string of the molecule is CN(CN(C)C(=NC(=N)c1ccccc1)n1c2ccccc2c2ccc3c4ccccc4n(-c4ccc5c(c4)sc4ccccc45)c3c21)C(=NC(=N)c1ccccc1)c1ccccc1. The Morgan fingerprint density at radius 2 is 0.969 bits per heavy atom. The minimum Gasteiger partial charge on any atom is -0.341 e. The molecule has 0 aliphatic carbocycles. The van der Waals surface area contributed by atoms with E-state index in [1.807, 2.05) is 116 Å². The normalized spacial score (nSPS) is 12.3. The molecule has 308 valence electrons. The number of rotatable bonds is 6. The molecule has 0 amide bonds. The number of fused-ring (bicyclic) bond motifs is 10. The molecule has 0 aliphatic rings. The van der Waals surface area contributed by atoms with Crippen LogP contribution in [0.3, 0.4) is 0 Å². The van der Waals surface area contributed by atoms with Crippen LogP contribution in [0.2, 0.25) is 0 Å². The fraction of sp³-hybridized carbons (Fsp3) is 0.0545. The van der Waals surface area contributed by atoms with Crippen LogP contribution in [0.15, 0.2) is 204 Å². The smallest absolute Gasteiger partial charge is 0.213 e. The largest absolute Gasteiger partial charge is 0.341 e. The molecular formula is C55H42N8S. The van der Waals surface area contributed by atoms with Gasteiger partial charge in [-0.1, -0.05) is 164 Å². The molecular weight excluding hydrogens is 805 g/mol. The van der Waals surface area contributed by atoms with Crippen molar-refractivity contribution in [2.24, 2.45) is 9.98 Å². The summed E-state index contributed by atoms with van der Waals surface area (Å²) in [5.74, 6) is 1.52. The van der Waals surface area contributed by atoms with E-state index in [-0.39, 0.29) is 11.7 Å². The Kier molecular flexibility index (Phi) is 9.66. The number of amidine groups is 3. The number of nitrogens with zero attached hydrogens (tertiary/aromatic N) is 6. The lowest BCUT2D eigenvalue weighted by Crippen LogP contribution is -2.43. The summed E-state index contributed by atoms with van der Waals surface area (Å²) in [5.41, 5.74) is 7.51. The first-order chi connectivity index (χ1) is 31.4. The third kappa shape index (κ3) is 6.61. The minimum absolute atomic E-state index is 0.141. The average molecular weight is 847 g/mol.